The minimum absolute atomic E-state index is 0.750. The highest BCUT2D eigenvalue weighted by atomic mass is 32.1. The highest BCUT2D eigenvalue weighted by molar-refractivity contribution is 7.13. The van der Waals surface area contributed by atoms with Gasteiger partial charge in [0.2, 0.25) is 0 Å². The van der Waals surface area contributed by atoms with Gasteiger partial charge in [0.05, 0.1) is 5.57 Å². The summed E-state index contributed by atoms with van der Waals surface area (Å²) in [5.74, 6) is 0. The Hall–Kier alpha value is -1.37. The molecule has 2 rings (SSSR count). The fourth-order valence-electron chi connectivity index (χ4n) is 1.39. The topological polar surface area (TPSA) is 23.8 Å². The summed E-state index contributed by atoms with van der Waals surface area (Å²) in [7, 11) is 0. The lowest BCUT2D eigenvalue weighted by molar-refractivity contribution is 1.19. The first kappa shape index (κ1) is 11.1. The lowest BCUT2D eigenvalue weighted by Crippen LogP contribution is -1.73. The van der Waals surface area contributed by atoms with Crippen LogP contribution in [0.1, 0.15) is 21.6 Å². The van der Waals surface area contributed by atoms with Crippen molar-refractivity contribution in [1.29, 1.82) is 5.26 Å². The molecule has 0 bridgehead atoms. The Morgan fingerprint density at radius 2 is 2.31 bits per heavy atom. The summed E-state index contributed by atoms with van der Waals surface area (Å²) in [6.07, 6.45) is 3.02. The minimum Gasteiger partial charge on any atom is -0.192 e. The van der Waals surface area contributed by atoms with Crippen LogP contribution in [-0.4, -0.2) is 0 Å². The molecule has 16 heavy (non-hydrogen) atoms. The van der Waals surface area contributed by atoms with Gasteiger partial charge >= 0.3 is 0 Å². The molecule has 0 aliphatic carbocycles. The van der Waals surface area contributed by atoms with E-state index >= 15 is 0 Å². The second-order valence-electron chi connectivity index (χ2n) is 3.30. The lowest BCUT2D eigenvalue weighted by atomic mass is 10.2. The van der Waals surface area contributed by atoms with E-state index in [1.807, 2.05) is 23.6 Å². The monoisotopic (exact) mass is 245 g/mol. The molecule has 2 aromatic heterocycles. The van der Waals surface area contributed by atoms with Crippen molar-refractivity contribution < 1.29 is 0 Å². The van der Waals surface area contributed by atoms with Crippen molar-refractivity contribution in [3.8, 4) is 6.07 Å². The Kier molecular flexibility index (Phi) is 3.55. The van der Waals surface area contributed by atoms with E-state index in [-0.39, 0.29) is 0 Å². The number of hydrogen-bond donors (Lipinski definition) is 0. The van der Waals surface area contributed by atoms with Crippen LogP contribution in [-0.2, 0) is 6.42 Å². The van der Waals surface area contributed by atoms with Crippen molar-refractivity contribution >= 4 is 34.3 Å². The van der Waals surface area contributed by atoms with Crippen LogP contribution in [0, 0.1) is 11.3 Å². The molecule has 0 fully saturated rings. The maximum atomic E-state index is 9.12. The molecule has 0 amide bonds. The van der Waals surface area contributed by atoms with Gasteiger partial charge in [0.25, 0.3) is 0 Å². The molecular weight excluding hydrogens is 234 g/mol. The second-order valence-corrected chi connectivity index (χ2v) is 5.45. The van der Waals surface area contributed by atoms with Gasteiger partial charge in [-0.1, -0.05) is 13.0 Å². The van der Waals surface area contributed by atoms with Crippen molar-refractivity contribution in [2.75, 3.05) is 0 Å². The number of hydrogen-bond acceptors (Lipinski definition) is 3. The number of nitrogens with zero attached hydrogens (tertiary/aromatic N) is 1. The highest BCUT2D eigenvalue weighted by Gasteiger charge is 2.03. The van der Waals surface area contributed by atoms with E-state index < -0.39 is 0 Å². The van der Waals surface area contributed by atoms with Crippen molar-refractivity contribution in [3.05, 3.63) is 44.3 Å². The van der Waals surface area contributed by atoms with Crippen molar-refractivity contribution in [2.45, 2.75) is 13.3 Å². The van der Waals surface area contributed by atoms with E-state index in [0.29, 0.717) is 0 Å². The quantitative estimate of drug-likeness (QED) is 0.733. The van der Waals surface area contributed by atoms with Crippen molar-refractivity contribution in [3.63, 3.8) is 0 Å². The molecule has 2 aromatic rings. The summed E-state index contributed by atoms with van der Waals surface area (Å²) in [6.45, 7) is 2.14. The van der Waals surface area contributed by atoms with E-state index in [9.17, 15) is 0 Å². The minimum atomic E-state index is 0.750. The zero-order chi connectivity index (χ0) is 11.4. The number of allylic oxidation sites excluding steroid dienone is 1. The summed E-state index contributed by atoms with van der Waals surface area (Å²) < 4.78 is 0. The Labute approximate surface area is 103 Å². The summed E-state index contributed by atoms with van der Waals surface area (Å²) in [6, 6.07) is 10.4. The molecule has 0 aliphatic rings. The predicted molar refractivity (Wildman–Crippen MR) is 71.5 cm³/mol. The summed E-state index contributed by atoms with van der Waals surface area (Å²) in [4.78, 5) is 3.55. The average molecular weight is 245 g/mol. The molecule has 0 unspecified atom stereocenters. The molecule has 0 N–H and O–H groups in total. The molecule has 0 atom stereocenters. The van der Waals surface area contributed by atoms with Gasteiger partial charge in [-0.25, -0.2) is 0 Å². The summed E-state index contributed by atoms with van der Waals surface area (Å²) >= 11 is 3.35. The SMILES string of the molecule is CCc1ccc(/C=C(\C#N)c2cccs2)s1. The Balaban J connectivity index is 2.32. The van der Waals surface area contributed by atoms with E-state index in [4.69, 9.17) is 5.26 Å². The van der Waals surface area contributed by atoms with Crippen LogP contribution in [0.25, 0.3) is 11.6 Å². The summed E-state index contributed by atoms with van der Waals surface area (Å²) in [5.41, 5.74) is 0.750. The fourth-order valence-corrected chi connectivity index (χ4v) is 2.98. The van der Waals surface area contributed by atoms with Gasteiger partial charge in [-0.2, -0.15) is 5.26 Å². The van der Waals surface area contributed by atoms with Gasteiger partial charge < -0.3 is 0 Å². The van der Waals surface area contributed by atoms with Crippen LogP contribution in [0.2, 0.25) is 0 Å². The maximum Gasteiger partial charge on any atom is 0.101 e. The molecule has 80 valence electrons. The van der Waals surface area contributed by atoms with E-state index in [1.54, 1.807) is 22.7 Å². The molecule has 2 heterocycles. The number of thiophene rings is 2. The van der Waals surface area contributed by atoms with Crippen LogP contribution >= 0.6 is 22.7 Å². The molecule has 0 aliphatic heterocycles. The number of nitriles is 1. The lowest BCUT2D eigenvalue weighted by Gasteiger charge is -1.91. The van der Waals surface area contributed by atoms with Gasteiger partial charge in [-0.15, -0.1) is 22.7 Å². The zero-order valence-electron chi connectivity index (χ0n) is 8.93. The predicted octanol–water partition coefficient (Wildman–Crippen LogP) is 4.44. The van der Waals surface area contributed by atoms with Gasteiger partial charge in [0.1, 0.15) is 6.07 Å². The molecular formula is C13H11NS2. The maximum absolute atomic E-state index is 9.12. The van der Waals surface area contributed by atoms with E-state index in [2.05, 4.69) is 25.1 Å². The van der Waals surface area contributed by atoms with Gasteiger partial charge in [-0.3, -0.25) is 0 Å². The third-order valence-electron chi connectivity index (χ3n) is 2.22. The largest absolute Gasteiger partial charge is 0.192 e. The Morgan fingerprint density at radius 1 is 1.44 bits per heavy atom. The second kappa shape index (κ2) is 5.11. The molecule has 0 spiro atoms. The number of aryl methyl sites for hydroxylation is 1. The Bertz CT molecular complexity index is 527. The first-order valence-corrected chi connectivity index (χ1v) is 6.77. The van der Waals surface area contributed by atoms with Crippen LogP contribution < -0.4 is 0 Å². The normalized spacial score (nSPS) is 11.4. The van der Waals surface area contributed by atoms with Crippen LogP contribution in [0.15, 0.2) is 29.6 Å². The van der Waals surface area contributed by atoms with Crippen molar-refractivity contribution in [2.24, 2.45) is 0 Å². The standard InChI is InChI=1S/C13H11NS2/c1-2-11-5-6-12(16-11)8-10(9-14)13-4-3-7-15-13/h3-8H,2H2,1H3/b10-8+. The van der Waals surface area contributed by atoms with E-state index in [1.165, 1.54) is 4.88 Å². The number of rotatable bonds is 3. The molecule has 0 radical (unpaired) electrons. The Morgan fingerprint density at radius 3 is 2.88 bits per heavy atom. The smallest absolute Gasteiger partial charge is 0.101 e. The van der Waals surface area contributed by atoms with Crippen molar-refractivity contribution in [1.82, 2.24) is 0 Å². The third-order valence-corrected chi connectivity index (χ3v) is 4.30. The highest BCUT2D eigenvalue weighted by Crippen LogP contribution is 2.25. The van der Waals surface area contributed by atoms with Gasteiger partial charge in [0, 0.05) is 14.6 Å². The first-order valence-electron chi connectivity index (χ1n) is 5.08. The van der Waals surface area contributed by atoms with Crippen LogP contribution in [0.3, 0.4) is 0 Å². The first-order chi connectivity index (χ1) is 7.83. The van der Waals surface area contributed by atoms with Gasteiger partial charge in [0.15, 0.2) is 0 Å². The third kappa shape index (κ3) is 2.41. The van der Waals surface area contributed by atoms with Gasteiger partial charge in [-0.05, 0) is 36.1 Å². The summed E-state index contributed by atoms with van der Waals surface area (Å²) in [5, 5.41) is 11.1. The average Bonchev–Trinajstić information content (AvgIpc) is 2.96. The molecule has 0 aromatic carbocycles. The molecule has 0 saturated heterocycles. The molecule has 3 heteroatoms. The zero-order valence-corrected chi connectivity index (χ0v) is 10.6. The van der Waals surface area contributed by atoms with E-state index in [0.717, 1.165) is 21.7 Å². The van der Waals surface area contributed by atoms with Crippen LogP contribution in [0.4, 0.5) is 0 Å². The molecule has 1 nitrogen and oxygen atoms in total. The fraction of sp³-hybridized carbons (Fsp3) is 0.154. The van der Waals surface area contributed by atoms with Crippen LogP contribution in [0.5, 0.6) is 0 Å². The molecule has 0 saturated carbocycles.